The van der Waals surface area contributed by atoms with Crippen molar-refractivity contribution in [2.45, 2.75) is 44.6 Å². The molecule has 0 aromatic rings. The van der Waals surface area contributed by atoms with Crippen LogP contribution in [0.2, 0.25) is 0 Å². The number of hydrogen-bond donors (Lipinski definition) is 2. The minimum Gasteiger partial charge on any atom is -0.393 e. The summed E-state index contributed by atoms with van der Waals surface area (Å²) in [6, 6.07) is 0. The van der Waals surface area contributed by atoms with Gasteiger partial charge in [-0.1, -0.05) is 6.42 Å². The summed E-state index contributed by atoms with van der Waals surface area (Å²) in [7, 11) is 0. The lowest BCUT2D eigenvalue weighted by Gasteiger charge is -2.17. The van der Waals surface area contributed by atoms with Gasteiger partial charge in [0.2, 0.25) is 5.91 Å². The molecule has 90 valence electrons. The first-order valence-corrected chi connectivity index (χ1v) is 6.70. The van der Waals surface area contributed by atoms with E-state index in [9.17, 15) is 9.90 Å². The Hall–Kier alpha value is -0.570. The van der Waals surface area contributed by atoms with Crippen LogP contribution in [0.15, 0.2) is 0 Å². The Kier molecular flexibility index (Phi) is 2.66. The van der Waals surface area contributed by atoms with E-state index in [0.717, 1.165) is 43.9 Å². The second-order valence-corrected chi connectivity index (χ2v) is 5.93. The predicted octanol–water partition coefficient (Wildman–Crippen LogP) is 1.31. The van der Waals surface area contributed by atoms with E-state index in [2.05, 4.69) is 5.32 Å². The van der Waals surface area contributed by atoms with Crippen molar-refractivity contribution in [3.05, 3.63) is 0 Å². The predicted molar refractivity (Wildman–Crippen MR) is 60.7 cm³/mol. The van der Waals surface area contributed by atoms with Gasteiger partial charge in [-0.2, -0.15) is 0 Å². The molecule has 0 spiro atoms. The second-order valence-electron chi connectivity index (χ2n) is 5.93. The molecule has 0 heterocycles. The zero-order valence-electron chi connectivity index (χ0n) is 9.69. The molecular formula is C13H21NO2. The molecule has 0 aromatic heterocycles. The molecule has 0 aliphatic heterocycles. The number of hydrogen-bond acceptors (Lipinski definition) is 2. The van der Waals surface area contributed by atoms with Gasteiger partial charge in [0.05, 0.1) is 6.10 Å². The van der Waals surface area contributed by atoms with Gasteiger partial charge in [0.1, 0.15) is 0 Å². The Morgan fingerprint density at radius 1 is 1.19 bits per heavy atom. The summed E-state index contributed by atoms with van der Waals surface area (Å²) < 4.78 is 0. The van der Waals surface area contributed by atoms with Gasteiger partial charge in [-0.25, -0.2) is 0 Å². The van der Waals surface area contributed by atoms with Crippen LogP contribution in [0.5, 0.6) is 0 Å². The van der Waals surface area contributed by atoms with Crippen molar-refractivity contribution in [2.24, 2.45) is 23.7 Å². The first kappa shape index (κ1) is 10.6. The number of carbonyl (C=O) groups excluding carboxylic acids is 1. The molecule has 4 atom stereocenters. The average molecular weight is 223 g/mol. The van der Waals surface area contributed by atoms with Gasteiger partial charge in [0.25, 0.3) is 0 Å². The highest BCUT2D eigenvalue weighted by molar-refractivity contribution is 5.79. The number of aliphatic hydroxyl groups excluding tert-OH is 1. The summed E-state index contributed by atoms with van der Waals surface area (Å²) >= 11 is 0. The molecule has 2 N–H and O–H groups in total. The largest absolute Gasteiger partial charge is 0.393 e. The molecule has 3 fully saturated rings. The molecule has 0 saturated heterocycles. The maximum Gasteiger partial charge on any atom is 0.223 e. The summed E-state index contributed by atoms with van der Waals surface area (Å²) in [5.41, 5.74) is 0. The lowest BCUT2D eigenvalue weighted by Crippen LogP contribution is -2.36. The van der Waals surface area contributed by atoms with Crippen molar-refractivity contribution in [1.82, 2.24) is 5.32 Å². The van der Waals surface area contributed by atoms with Gasteiger partial charge in [-0.15, -0.1) is 0 Å². The highest BCUT2D eigenvalue weighted by atomic mass is 16.3. The third kappa shape index (κ3) is 1.97. The first-order valence-electron chi connectivity index (χ1n) is 6.70. The van der Waals surface area contributed by atoms with E-state index in [0.29, 0.717) is 12.5 Å². The van der Waals surface area contributed by atoms with Gasteiger partial charge in [0.15, 0.2) is 0 Å². The third-order valence-corrected chi connectivity index (χ3v) is 4.77. The molecular weight excluding hydrogens is 202 g/mol. The minimum atomic E-state index is -0.183. The molecule has 3 nitrogen and oxygen atoms in total. The molecule has 0 bridgehead atoms. The van der Waals surface area contributed by atoms with E-state index >= 15 is 0 Å². The molecule has 3 aliphatic rings. The number of fused-ring (bicyclic) bond motifs is 1. The molecule has 0 aromatic carbocycles. The van der Waals surface area contributed by atoms with Crippen LogP contribution < -0.4 is 5.32 Å². The number of carbonyl (C=O) groups is 1. The van der Waals surface area contributed by atoms with Gasteiger partial charge in [0, 0.05) is 18.4 Å². The van der Waals surface area contributed by atoms with Gasteiger partial charge in [-0.05, 0) is 43.9 Å². The van der Waals surface area contributed by atoms with E-state index in [1.54, 1.807) is 0 Å². The van der Waals surface area contributed by atoms with E-state index in [1.807, 2.05) is 0 Å². The van der Waals surface area contributed by atoms with E-state index in [4.69, 9.17) is 0 Å². The number of amides is 1. The van der Waals surface area contributed by atoms with Crippen LogP contribution in [-0.4, -0.2) is 23.7 Å². The fourth-order valence-electron chi connectivity index (χ4n) is 3.56. The summed E-state index contributed by atoms with van der Waals surface area (Å²) in [6.45, 7) is 0.686. The Bertz CT molecular complexity index is 282. The lowest BCUT2D eigenvalue weighted by atomic mass is 10.0. The van der Waals surface area contributed by atoms with Crippen LogP contribution >= 0.6 is 0 Å². The first-order chi connectivity index (χ1) is 7.74. The fraction of sp³-hybridized carbons (Fsp3) is 0.923. The SMILES string of the molecule is O=C(NCC1CCCC1O)C1CC2CC2C1. The summed E-state index contributed by atoms with van der Waals surface area (Å²) in [5.74, 6) is 2.56. The Balaban J connectivity index is 1.42. The summed E-state index contributed by atoms with van der Waals surface area (Å²) in [5, 5.41) is 12.7. The zero-order chi connectivity index (χ0) is 11.1. The Morgan fingerprint density at radius 3 is 2.56 bits per heavy atom. The molecule has 3 aliphatic carbocycles. The topological polar surface area (TPSA) is 49.3 Å². The van der Waals surface area contributed by atoms with Crippen molar-refractivity contribution in [2.75, 3.05) is 6.54 Å². The van der Waals surface area contributed by atoms with Gasteiger partial charge >= 0.3 is 0 Å². The maximum atomic E-state index is 11.9. The zero-order valence-corrected chi connectivity index (χ0v) is 9.69. The Labute approximate surface area is 96.6 Å². The molecule has 4 unspecified atom stereocenters. The highest BCUT2D eigenvalue weighted by Gasteiger charge is 2.48. The summed E-state index contributed by atoms with van der Waals surface area (Å²) in [6.07, 6.45) is 6.50. The third-order valence-electron chi connectivity index (χ3n) is 4.77. The van der Waals surface area contributed by atoms with Crippen molar-refractivity contribution in [3.8, 4) is 0 Å². The molecule has 3 saturated carbocycles. The van der Waals surface area contributed by atoms with Crippen molar-refractivity contribution in [3.63, 3.8) is 0 Å². The maximum absolute atomic E-state index is 11.9. The molecule has 3 heteroatoms. The monoisotopic (exact) mass is 223 g/mol. The van der Waals surface area contributed by atoms with Gasteiger partial charge in [-0.3, -0.25) is 4.79 Å². The molecule has 0 radical (unpaired) electrons. The van der Waals surface area contributed by atoms with Crippen LogP contribution in [0, 0.1) is 23.7 Å². The lowest BCUT2D eigenvalue weighted by molar-refractivity contribution is -0.125. The smallest absolute Gasteiger partial charge is 0.223 e. The van der Waals surface area contributed by atoms with E-state index < -0.39 is 0 Å². The molecule has 3 rings (SSSR count). The van der Waals surface area contributed by atoms with E-state index in [-0.39, 0.29) is 17.9 Å². The fourth-order valence-corrected chi connectivity index (χ4v) is 3.56. The summed E-state index contributed by atoms with van der Waals surface area (Å²) in [4.78, 5) is 11.9. The highest BCUT2D eigenvalue weighted by Crippen LogP contribution is 2.54. The minimum absolute atomic E-state index is 0.183. The molecule has 1 amide bonds. The van der Waals surface area contributed by atoms with Crippen molar-refractivity contribution in [1.29, 1.82) is 0 Å². The quantitative estimate of drug-likeness (QED) is 0.758. The number of rotatable bonds is 3. The number of aliphatic hydroxyl groups is 1. The standard InChI is InChI=1S/C13H21NO2/c15-12-3-1-2-8(12)7-14-13(16)11-5-9-4-10(9)6-11/h8-12,15H,1-7H2,(H,14,16). The molecule has 16 heavy (non-hydrogen) atoms. The van der Waals surface area contributed by atoms with E-state index in [1.165, 1.54) is 6.42 Å². The van der Waals surface area contributed by atoms with Gasteiger partial charge < -0.3 is 10.4 Å². The van der Waals surface area contributed by atoms with Crippen LogP contribution in [0.4, 0.5) is 0 Å². The van der Waals surface area contributed by atoms with Crippen LogP contribution in [0.1, 0.15) is 38.5 Å². The average Bonchev–Trinajstić information content (AvgIpc) is 2.71. The Morgan fingerprint density at radius 2 is 1.94 bits per heavy atom. The van der Waals surface area contributed by atoms with Crippen molar-refractivity contribution < 1.29 is 9.90 Å². The normalized spacial score (nSPS) is 45.4. The van der Waals surface area contributed by atoms with Crippen LogP contribution in [0.3, 0.4) is 0 Å². The second kappa shape index (κ2) is 4.02. The van der Waals surface area contributed by atoms with Crippen LogP contribution in [-0.2, 0) is 4.79 Å². The van der Waals surface area contributed by atoms with Crippen molar-refractivity contribution >= 4 is 5.91 Å². The van der Waals surface area contributed by atoms with Crippen LogP contribution in [0.25, 0.3) is 0 Å². The number of nitrogens with one attached hydrogen (secondary N) is 1.